The minimum Gasteiger partial charge on any atom is -0.426 e. The molecule has 36 heavy (non-hydrogen) atoms. The highest BCUT2D eigenvalue weighted by molar-refractivity contribution is 9.10. The largest absolute Gasteiger partial charge is 0.426 e. The molecule has 180 valence electrons. The van der Waals surface area contributed by atoms with E-state index in [4.69, 9.17) is 4.74 Å². The number of carbonyl (C=O) groups excluding carboxylic acids is 4. The SMILES string of the molecule is O=C(Oc1cccc(N2C(=O)c3cccc([N+](=O)[O-])c3C2=O)c1)[C@@H]1CC(=O)N(c2ccc(Br)cc2)C1. The van der Waals surface area contributed by atoms with E-state index >= 15 is 0 Å². The molecule has 3 aromatic rings. The highest BCUT2D eigenvalue weighted by atomic mass is 79.9. The standard InChI is InChI=1S/C25H16BrN3O7/c26-15-7-9-16(10-8-15)27-13-14(11-21(27)30)25(33)36-18-4-1-3-17(12-18)28-23(31)19-5-2-6-20(29(34)35)22(19)24(28)32/h1-10,12,14H,11,13H2/t14-/m1/s1. The zero-order valence-electron chi connectivity index (χ0n) is 18.4. The highest BCUT2D eigenvalue weighted by Crippen LogP contribution is 2.35. The van der Waals surface area contributed by atoms with Crippen LogP contribution in [0.3, 0.4) is 0 Å². The lowest BCUT2D eigenvalue weighted by molar-refractivity contribution is -0.385. The van der Waals surface area contributed by atoms with Gasteiger partial charge in [0, 0.05) is 35.3 Å². The van der Waals surface area contributed by atoms with Crippen LogP contribution < -0.4 is 14.5 Å². The van der Waals surface area contributed by atoms with Gasteiger partial charge in [0.2, 0.25) is 5.91 Å². The lowest BCUT2D eigenvalue weighted by atomic mass is 10.1. The van der Waals surface area contributed by atoms with E-state index in [9.17, 15) is 29.3 Å². The second-order valence-corrected chi connectivity index (χ2v) is 9.12. The molecular weight excluding hydrogens is 534 g/mol. The Kier molecular flexibility index (Phi) is 5.84. The summed E-state index contributed by atoms with van der Waals surface area (Å²) in [6.45, 7) is 0.154. The molecule has 11 heteroatoms. The van der Waals surface area contributed by atoms with Crippen LogP contribution in [0.5, 0.6) is 5.75 Å². The number of fused-ring (bicyclic) bond motifs is 1. The molecule has 2 heterocycles. The first-order chi connectivity index (χ1) is 17.2. The first-order valence-electron chi connectivity index (χ1n) is 10.8. The number of nitro groups is 1. The van der Waals surface area contributed by atoms with Crippen LogP contribution in [0.1, 0.15) is 27.1 Å². The number of carbonyl (C=O) groups is 4. The van der Waals surface area contributed by atoms with Crippen LogP contribution >= 0.6 is 15.9 Å². The van der Waals surface area contributed by atoms with E-state index in [1.807, 2.05) is 0 Å². The number of benzene rings is 3. The van der Waals surface area contributed by atoms with Gasteiger partial charge in [0.05, 0.1) is 22.1 Å². The van der Waals surface area contributed by atoms with Gasteiger partial charge in [0.25, 0.3) is 17.5 Å². The quantitative estimate of drug-likeness (QED) is 0.154. The van der Waals surface area contributed by atoms with Crippen molar-refractivity contribution in [3.63, 3.8) is 0 Å². The molecule has 1 atom stereocenters. The molecule has 0 saturated carbocycles. The molecule has 3 aromatic carbocycles. The predicted molar refractivity (Wildman–Crippen MR) is 131 cm³/mol. The molecule has 0 spiro atoms. The van der Waals surface area contributed by atoms with Crippen molar-refractivity contribution in [1.82, 2.24) is 0 Å². The molecule has 2 aliphatic heterocycles. The Balaban J connectivity index is 1.34. The van der Waals surface area contributed by atoms with Gasteiger partial charge >= 0.3 is 5.97 Å². The van der Waals surface area contributed by atoms with Crippen LogP contribution in [0.25, 0.3) is 0 Å². The van der Waals surface area contributed by atoms with Gasteiger partial charge in [-0.25, -0.2) is 4.90 Å². The second-order valence-electron chi connectivity index (χ2n) is 8.20. The highest BCUT2D eigenvalue weighted by Gasteiger charge is 2.42. The molecular formula is C25H16BrN3O7. The average molecular weight is 550 g/mol. The average Bonchev–Trinajstić information content (AvgIpc) is 3.37. The van der Waals surface area contributed by atoms with E-state index in [1.165, 1.54) is 41.3 Å². The summed E-state index contributed by atoms with van der Waals surface area (Å²) in [7, 11) is 0. The normalized spacial score (nSPS) is 16.9. The number of halogens is 1. The monoisotopic (exact) mass is 549 g/mol. The summed E-state index contributed by atoms with van der Waals surface area (Å²) in [4.78, 5) is 64.1. The van der Waals surface area contributed by atoms with Crippen LogP contribution in [0.15, 0.2) is 71.2 Å². The summed E-state index contributed by atoms with van der Waals surface area (Å²) >= 11 is 3.34. The van der Waals surface area contributed by atoms with Crippen molar-refractivity contribution >= 4 is 56.7 Å². The van der Waals surface area contributed by atoms with Gasteiger partial charge in [-0.2, -0.15) is 0 Å². The number of hydrogen-bond donors (Lipinski definition) is 0. The summed E-state index contributed by atoms with van der Waals surface area (Å²) in [6, 6.07) is 16.7. The molecule has 0 unspecified atom stereocenters. The third kappa shape index (κ3) is 4.03. The van der Waals surface area contributed by atoms with Crippen molar-refractivity contribution in [3.05, 3.63) is 92.4 Å². The molecule has 1 fully saturated rings. The summed E-state index contributed by atoms with van der Waals surface area (Å²) in [5.74, 6) is -3.02. The molecule has 0 bridgehead atoms. The van der Waals surface area contributed by atoms with E-state index in [0.717, 1.165) is 15.4 Å². The van der Waals surface area contributed by atoms with E-state index in [-0.39, 0.29) is 41.4 Å². The van der Waals surface area contributed by atoms with Crippen molar-refractivity contribution in [2.24, 2.45) is 5.92 Å². The van der Waals surface area contributed by atoms with Crippen LogP contribution in [0.2, 0.25) is 0 Å². The van der Waals surface area contributed by atoms with Gasteiger partial charge in [-0.05, 0) is 42.5 Å². The van der Waals surface area contributed by atoms with Gasteiger partial charge in [-0.3, -0.25) is 29.3 Å². The van der Waals surface area contributed by atoms with Crippen molar-refractivity contribution < 1.29 is 28.8 Å². The van der Waals surface area contributed by atoms with Gasteiger partial charge in [0.1, 0.15) is 11.3 Å². The number of rotatable bonds is 5. The molecule has 10 nitrogen and oxygen atoms in total. The number of esters is 1. The molecule has 5 rings (SSSR count). The Morgan fingerprint density at radius 2 is 1.69 bits per heavy atom. The minimum absolute atomic E-state index is 0.0172. The lowest BCUT2D eigenvalue weighted by Gasteiger charge is -2.17. The fourth-order valence-corrected chi connectivity index (χ4v) is 4.54. The van der Waals surface area contributed by atoms with Crippen molar-refractivity contribution in [2.75, 3.05) is 16.3 Å². The van der Waals surface area contributed by atoms with Crippen molar-refractivity contribution in [1.29, 1.82) is 0 Å². The Morgan fingerprint density at radius 1 is 0.972 bits per heavy atom. The van der Waals surface area contributed by atoms with E-state index in [2.05, 4.69) is 15.9 Å². The third-order valence-corrected chi connectivity index (χ3v) is 6.51. The maximum absolute atomic E-state index is 13.0. The Morgan fingerprint density at radius 3 is 2.42 bits per heavy atom. The number of amides is 3. The van der Waals surface area contributed by atoms with Crippen LogP contribution in [0, 0.1) is 16.0 Å². The Hall–Kier alpha value is -4.38. The number of ether oxygens (including phenoxy) is 1. The zero-order chi connectivity index (χ0) is 25.6. The number of hydrogen-bond acceptors (Lipinski definition) is 7. The Labute approximate surface area is 212 Å². The maximum Gasteiger partial charge on any atom is 0.316 e. The summed E-state index contributed by atoms with van der Waals surface area (Å²) in [5, 5.41) is 11.3. The first kappa shape index (κ1) is 23.4. The first-order valence-corrected chi connectivity index (χ1v) is 11.6. The lowest BCUT2D eigenvalue weighted by Crippen LogP contribution is -2.29. The summed E-state index contributed by atoms with van der Waals surface area (Å²) < 4.78 is 6.34. The maximum atomic E-state index is 13.0. The number of nitrogens with zero attached hydrogens (tertiary/aromatic N) is 3. The fraction of sp³-hybridized carbons (Fsp3) is 0.120. The van der Waals surface area contributed by atoms with E-state index in [1.54, 1.807) is 24.3 Å². The summed E-state index contributed by atoms with van der Waals surface area (Å²) in [5.41, 5.74) is -0.0568. The van der Waals surface area contributed by atoms with Crippen LogP contribution in [-0.4, -0.2) is 35.2 Å². The molecule has 1 saturated heterocycles. The molecule has 3 amide bonds. The van der Waals surface area contributed by atoms with Crippen LogP contribution in [-0.2, 0) is 9.59 Å². The van der Waals surface area contributed by atoms with E-state index < -0.39 is 34.3 Å². The second kappa shape index (κ2) is 9.00. The zero-order valence-corrected chi connectivity index (χ0v) is 20.0. The third-order valence-electron chi connectivity index (χ3n) is 5.98. The van der Waals surface area contributed by atoms with Gasteiger partial charge in [-0.15, -0.1) is 0 Å². The summed E-state index contributed by atoms with van der Waals surface area (Å²) in [6.07, 6.45) is -0.0172. The van der Waals surface area contributed by atoms with Crippen molar-refractivity contribution in [3.8, 4) is 5.75 Å². The van der Waals surface area contributed by atoms with Gasteiger partial charge in [0.15, 0.2) is 0 Å². The number of nitro benzene ring substituents is 1. The molecule has 0 aromatic heterocycles. The smallest absolute Gasteiger partial charge is 0.316 e. The van der Waals surface area contributed by atoms with Crippen molar-refractivity contribution in [2.45, 2.75) is 6.42 Å². The molecule has 0 aliphatic carbocycles. The minimum atomic E-state index is -0.836. The number of imide groups is 1. The topological polar surface area (TPSA) is 127 Å². The Bertz CT molecular complexity index is 1450. The van der Waals surface area contributed by atoms with Gasteiger partial charge < -0.3 is 9.64 Å². The predicted octanol–water partition coefficient (Wildman–Crippen LogP) is 4.12. The number of anilines is 2. The molecule has 2 aliphatic rings. The fourth-order valence-electron chi connectivity index (χ4n) is 4.28. The molecule has 0 N–H and O–H groups in total. The molecule has 0 radical (unpaired) electrons. The van der Waals surface area contributed by atoms with E-state index in [0.29, 0.717) is 5.69 Å². The van der Waals surface area contributed by atoms with Gasteiger partial charge in [-0.1, -0.05) is 28.1 Å². The van der Waals surface area contributed by atoms with Crippen LogP contribution in [0.4, 0.5) is 17.1 Å².